The number of hydrogen-bond donors (Lipinski definition) is 2. The Hall–Kier alpha value is -1.32. The maximum atomic E-state index is 9.73. The highest BCUT2D eigenvalue weighted by molar-refractivity contribution is 5.51. The molecule has 1 atom stereocenters. The molecule has 1 fully saturated rings. The van der Waals surface area contributed by atoms with E-state index in [9.17, 15) is 5.11 Å². The average molecular weight is 206 g/mol. The van der Waals surface area contributed by atoms with Gasteiger partial charge in [-0.3, -0.25) is 0 Å². The van der Waals surface area contributed by atoms with E-state index in [4.69, 9.17) is 9.84 Å². The van der Waals surface area contributed by atoms with E-state index in [0.717, 1.165) is 11.3 Å². The van der Waals surface area contributed by atoms with E-state index in [1.165, 1.54) is 0 Å². The van der Waals surface area contributed by atoms with Gasteiger partial charge in [-0.05, 0) is 11.6 Å². The Morgan fingerprint density at radius 1 is 1.33 bits per heavy atom. The Morgan fingerprint density at radius 3 is 2.67 bits per heavy atom. The molecule has 0 aliphatic carbocycles. The first kappa shape index (κ1) is 10.2. The molecule has 0 bridgehead atoms. The lowest BCUT2D eigenvalue weighted by Crippen LogP contribution is -2.32. The molecular weight excluding hydrogens is 192 g/mol. The van der Waals surface area contributed by atoms with Crippen LogP contribution in [-0.2, 0) is 4.74 Å². The highest BCUT2D eigenvalue weighted by Gasteiger charge is 2.35. The van der Waals surface area contributed by atoms with Crippen molar-refractivity contribution in [2.45, 2.75) is 12.0 Å². The first-order valence-electron chi connectivity index (χ1n) is 4.93. The van der Waals surface area contributed by atoms with Crippen LogP contribution in [0.4, 0.5) is 0 Å². The van der Waals surface area contributed by atoms with E-state index in [1.807, 2.05) is 36.4 Å². The predicted molar refractivity (Wildman–Crippen MR) is 57.0 cm³/mol. The van der Waals surface area contributed by atoms with Crippen molar-refractivity contribution in [2.24, 2.45) is 0 Å². The van der Waals surface area contributed by atoms with Crippen molar-refractivity contribution < 1.29 is 14.9 Å². The molecule has 3 nitrogen and oxygen atoms in total. The highest BCUT2D eigenvalue weighted by Crippen LogP contribution is 2.27. The third kappa shape index (κ3) is 2.37. The normalized spacial score (nSPS) is 28.0. The summed E-state index contributed by atoms with van der Waals surface area (Å²) in [5.41, 5.74) is -0.0599. The number of ether oxygens (including phenoxy) is 1. The molecule has 1 aliphatic rings. The third-order valence-electron chi connectivity index (χ3n) is 2.45. The molecule has 1 aliphatic heterocycles. The van der Waals surface area contributed by atoms with Crippen molar-refractivity contribution in [1.82, 2.24) is 0 Å². The topological polar surface area (TPSA) is 49.7 Å². The Morgan fingerprint density at radius 2 is 2.07 bits per heavy atom. The fourth-order valence-electron chi connectivity index (χ4n) is 1.58. The molecule has 2 rings (SSSR count). The molecule has 1 aromatic carbocycles. The van der Waals surface area contributed by atoms with Gasteiger partial charge < -0.3 is 14.9 Å². The van der Waals surface area contributed by atoms with Gasteiger partial charge in [0.25, 0.3) is 0 Å². The van der Waals surface area contributed by atoms with E-state index in [0.29, 0.717) is 6.42 Å². The Balaban J connectivity index is 2.11. The van der Waals surface area contributed by atoms with Crippen molar-refractivity contribution in [3.05, 3.63) is 41.7 Å². The SMILES string of the molecule is OCC1(O)COC(=Cc2ccccc2)C1. The smallest absolute Gasteiger partial charge is 0.128 e. The lowest BCUT2D eigenvalue weighted by molar-refractivity contribution is -0.0193. The monoisotopic (exact) mass is 206 g/mol. The number of aliphatic hydroxyl groups is 2. The summed E-state index contributed by atoms with van der Waals surface area (Å²) < 4.78 is 5.31. The molecule has 1 aromatic rings. The summed E-state index contributed by atoms with van der Waals surface area (Å²) in [5, 5.41) is 18.7. The van der Waals surface area contributed by atoms with Gasteiger partial charge in [0.05, 0.1) is 12.4 Å². The molecule has 0 saturated carbocycles. The summed E-state index contributed by atoms with van der Waals surface area (Å²) in [6.45, 7) is -0.0959. The number of hydrogen-bond acceptors (Lipinski definition) is 3. The molecule has 1 unspecified atom stereocenters. The minimum absolute atomic E-state index is 0.169. The molecule has 3 heteroatoms. The molecule has 80 valence electrons. The Kier molecular flexibility index (Phi) is 2.75. The molecule has 0 radical (unpaired) electrons. The van der Waals surface area contributed by atoms with Crippen LogP contribution in [0.15, 0.2) is 36.1 Å². The van der Waals surface area contributed by atoms with E-state index < -0.39 is 5.60 Å². The molecule has 0 spiro atoms. The summed E-state index contributed by atoms with van der Waals surface area (Å²) >= 11 is 0. The van der Waals surface area contributed by atoms with Crippen LogP contribution in [0, 0.1) is 0 Å². The summed E-state index contributed by atoms with van der Waals surface area (Å²) in [7, 11) is 0. The molecule has 1 heterocycles. The van der Waals surface area contributed by atoms with Gasteiger partial charge >= 0.3 is 0 Å². The fraction of sp³-hybridized carbons (Fsp3) is 0.333. The molecule has 2 N–H and O–H groups in total. The van der Waals surface area contributed by atoms with Gasteiger partial charge in [-0.15, -0.1) is 0 Å². The average Bonchev–Trinajstić information content (AvgIpc) is 2.63. The Bertz CT molecular complexity index is 358. The second-order valence-corrected chi connectivity index (χ2v) is 3.87. The van der Waals surface area contributed by atoms with Crippen LogP contribution in [0.3, 0.4) is 0 Å². The maximum Gasteiger partial charge on any atom is 0.128 e. The van der Waals surface area contributed by atoms with Crippen molar-refractivity contribution >= 4 is 6.08 Å². The van der Waals surface area contributed by atoms with Gasteiger partial charge in [0.15, 0.2) is 0 Å². The first-order valence-corrected chi connectivity index (χ1v) is 4.93. The number of rotatable bonds is 2. The molecule has 0 aromatic heterocycles. The summed E-state index contributed by atoms with van der Waals surface area (Å²) in [4.78, 5) is 0. The predicted octanol–water partition coefficient (Wildman–Crippen LogP) is 1.17. The van der Waals surface area contributed by atoms with E-state index in [1.54, 1.807) is 0 Å². The van der Waals surface area contributed by atoms with Crippen molar-refractivity contribution in [1.29, 1.82) is 0 Å². The van der Waals surface area contributed by atoms with Crippen LogP contribution < -0.4 is 0 Å². The van der Waals surface area contributed by atoms with E-state index in [2.05, 4.69) is 0 Å². The van der Waals surface area contributed by atoms with Crippen LogP contribution in [0.2, 0.25) is 0 Å². The second-order valence-electron chi connectivity index (χ2n) is 3.87. The van der Waals surface area contributed by atoms with Crippen molar-refractivity contribution in [3.8, 4) is 0 Å². The minimum atomic E-state index is -1.10. The van der Waals surface area contributed by atoms with Gasteiger partial charge in [-0.1, -0.05) is 30.3 Å². The van der Waals surface area contributed by atoms with Gasteiger partial charge in [-0.25, -0.2) is 0 Å². The molecule has 0 amide bonds. The summed E-state index contributed by atoms with van der Waals surface area (Å²) in [5.74, 6) is 0.720. The van der Waals surface area contributed by atoms with Gasteiger partial charge in [0, 0.05) is 6.42 Å². The van der Waals surface area contributed by atoms with Crippen LogP contribution in [-0.4, -0.2) is 29.0 Å². The van der Waals surface area contributed by atoms with Gasteiger partial charge in [-0.2, -0.15) is 0 Å². The third-order valence-corrected chi connectivity index (χ3v) is 2.45. The van der Waals surface area contributed by atoms with E-state index >= 15 is 0 Å². The molecule has 15 heavy (non-hydrogen) atoms. The van der Waals surface area contributed by atoms with Crippen LogP contribution in [0.5, 0.6) is 0 Å². The zero-order valence-corrected chi connectivity index (χ0v) is 8.39. The second kappa shape index (κ2) is 4.04. The zero-order valence-electron chi connectivity index (χ0n) is 8.39. The van der Waals surface area contributed by atoms with Crippen LogP contribution in [0.1, 0.15) is 12.0 Å². The molecular formula is C12H14O3. The number of benzene rings is 1. The lowest BCUT2D eigenvalue weighted by Gasteiger charge is -2.13. The lowest BCUT2D eigenvalue weighted by atomic mass is 10.0. The van der Waals surface area contributed by atoms with Crippen LogP contribution in [0.25, 0.3) is 6.08 Å². The minimum Gasteiger partial charge on any atom is -0.495 e. The standard InChI is InChI=1S/C12H14O3/c13-8-12(14)7-11(15-9-12)6-10-4-2-1-3-5-10/h1-6,13-14H,7-9H2. The maximum absolute atomic E-state index is 9.73. The van der Waals surface area contributed by atoms with Gasteiger partial charge in [0.2, 0.25) is 0 Å². The Labute approximate surface area is 88.6 Å². The van der Waals surface area contributed by atoms with Crippen molar-refractivity contribution in [3.63, 3.8) is 0 Å². The zero-order chi connectivity index (χ0) is 10.7. The largest absolute Gasteiger partial charge is 0.495 e. The molecule has 1 saturated heterocycles. The van der Waals surface area contributed by atoms with Gasteiger partial charge in [0.1, 0.15) is 12.2 Å². The fourth-order valence-corrected chi connectivity index (χ4v) is 1.58. The summed E-state index contributed by atoms with van der Waals surface area (Å²) in [6, 6.07) is 9.76. The summed E-state index contributed by atoms with van der Waals surface area (Å²) in [6.07, 6.45) is 2.26. The highest BCUT2D eigenvalue weighted by atomic mass is 16.5. The quantitative estimate of drug-likeness (QED) is 0.763. The first-order chi connectivity index (χ1) is 7.22. The van der Waals surface area contributed by atoms with Crippen molar-refractivity contribution in [2.75, 3.05) is 13.2 Å². The van der Waals surface area contributed by atoms with Crippen LogP contribution >= 0.6 is 0 Å². The van der Waals surface area contributed by atoms with E-state index in [-0.39, 0.29) is 13.2 Å². The number of aliphatic hydroxyl groups excluding tert-OH is 1.